The summed E-state index contributed by atoms with van der Waals surface area (Å²) in [5.41, 5.74) is 7.10. The van der Waals surface area contributed by atoms with Gasteiger partial charge in [0.1, 0.15) is 30.5 Å². The van der Waals surface area contributed by atoms with Crippen LogP contribution in [-0.2, 0) is 18.0 Å². The first-order valence-corrected chi connectivity index (χ1v) is 15.5. The summed E-state index contributed by atoms with van der Waals surface area (Å²) in [7, 11) is 0. The second-order valence-corrected chi connectivity index (χ2v) is 11.4. The standard InChI is InChI=1S/C37H37ClN2O5/c1-26-30(25-45-37-21-36(31(23-41)20-34(37)38)44-24-29-8-3-7-28(19-29)22-39)9-4-10-32(26)33-11-5-12-35(27(33)2)43-16-6-13-40-14-17-42-18-15-40/h3-5,7-12,19-21,23H,6,13-18,24-25H2,1-2H3. The van der Waals surface area contributed by atoms with Crippen molar-refractivity contribution in [3.63, 3.8) is 0 Å². The number of hydrogen-bond donors (Lipinski definition) is 0. The lowest BCUT2D eigenvalue weighted by Crippen LogP contribution is -2.37. The number of aldehydes is 1. The summed E-state index contributed by atoms with van der Waals surface area (Å²) in [5.74, 6) is 1.66. The van der Waals surface area contributed by atoms with Gasteiger partial charge in [-0.25, -0.2) is 0 Å². The van der Waals surface area contributed by atoms with Gasteiger partial charge in [0.2, 0.25) is 0 Å². The minimum Gasteiger partial charge on any atom is -0.493 e. The molecule has 0 radical (unpaired) electrons. The predicted molar refractivity (Wildman–Crippen MR) is 175 cm³/mol. The molecule has 0 aromatic heterocycles. The third-order valence-electron chi connectivity index (χ3n) is 8.03. The lowest BCUT2D eigenvalue weighted by Gasteiger charge is -2.26. The van der Waals surface area contributed by atoms with Crippen molar-refractivity contribution in [1.82, 2.24) is 4.90 Å². The molecule has 0 atom stereocenters. The molecule has 1 aliphatic heterocycles. The third kappa shape index (κ3) is 8.23. The number of benzene rings is 4. The van der Waals surface area contributed by atoms with E-state index < -0.39 is 0 Å². The predicted octanol–water partition coefficient (Wildman–Crippen LogP) is 7.57. The fraction of sp³-hybridized carbons (Fsp3) is 0.297. The quantitative estimate of drug-likeness (QED) is 0.112. The van der Waals surface area contributed by atoms with Crippen molar-refractivity contribution < 1.29 is 23.7 Å². The largest absolute Gasteiger partial charge is 0.493 e. The van der Waals surface area contributed by atoms with E-state index in [9.17, 15) is 10.1 Å². The van der Waals surface area contributed by atoms with Gasteiger partial charge >= 0.3 is 0 Å². The highest BCUT2D eigenvalue weighted by Gasteiger charge is 2.15. The van der Waals surface area contributed by atoms with Crippen LogP contribution in [0.1, 0.15) is 44.6 Å². The van der Waals surface area contributed by atoms with Crippen LogP contribution in [0.3, 0.4) is 0 Å². The molecule has 0 aliphatic carbocycles. The van der Waals surface area contributed by atoms with Gasteiger partial charge in [0, 0.05) is 25.7 Å². The van der Waals surface area contributed by atoms with Gasteiger partial charge in [0.25, 0.3) is 0 Å². The molecule has 232 valence electrons. The van der Waals surface area contributed by atoms with Gasteiger partial charge in [0.05, 0.1) is 42.0 Å². The van der Waals surface area contributed by atoms with Crippen molar-refractivity contribution in [3.8, 4) is 34.4 Å². The summed E-state index contributed by atoms with van der Waals surface area (Å²) in [6, 6.07) is 24.8. The van der Waals surface area contributed by atoms with E-state index in [1.807, 2.05) is 30.3 Å². The summed E-state index contributed by atoms with van der Waals surface area (Å²) >= 11 is 6.51. The molecule has 1 aliphatic rings. The summed E-state index contributed by atoms with van der Waals surface area (Å²) < 4.78 is 23.8. The number of hydrogen-bond acceptors (Lipinski definition) is 7. The van der Waals surface area contributed by atoms with Crippen molar-refractivity contribution in [2.75, 3.05) is 39.5 Å². The van der Waals surface area contributed by atoms with Crippen LogP contribution in [0.4, 0.5) is 0 Å². The first kappa shape index (κ1) is 32.1. The number of carbonyl (C=O) groups excluding carboxylic acids is 1. The monoisotopic (exact) mass is 624 g/mol. The maximum absolute atomic E-state index is 11.8. The zero-order chi connectivity index (χ0) is 31.6. The van der Waals surface area contributed by atoms with E-state index in [4.69, 9.17) is 30.5 Å². The molecule has 7 nitrogen and oxygen atoms in total. The van der Waals surface area contributed by atoms with E-state index >= 15 is 0 Å². The summed E-state index contributed by atoms with van der Waals surface area (Å²) in [4.78, 5) is 14.2. The van der Waals surface area contributed by atoms with Gasteiger partial charge in [0.15, 0.2) is 6.29 Å². The zero-order valence-corrected chi connectivity index (χ0v) is 26.4. The molecule has 1 saturated heterocycles. The average molecular weight is 625 g/mol. The van der Waals surface area contributed by atoms with Crippen LogP contribution in [0.15, 0.2) is 72.8 Å². The van der Waals surface area contributed by atoms with E-state index in [1.54, 1.807) is 30.3 Å². The first-order chi connectivity index (χ1) is 22.0. The first-order valence-electron chi connectivity index (χ1n) is 15.1. The number of ether oxygens (including phenoxy) is 4. The van der Waals surface area contributed by atoms with Crippen LogP contribution < -0.4 is 14.2 Å². The molecule has 0 amide bonds. The molecule has 4 aromatic rings. The summed E-state index contributed by atoms with van der Waals surface area (Å²) in [6.45, 7) is 9.91. The van der Waals surface area contributed by atoms with Crippen LogP contribution in [0.25, 0.3) is 11.1 Å². The number of halogens is 1. The molecule has 1 heterocycles. The lowest BCUT2D eigenvalue weighted by molar-refractivity contribution is 0.0358. The minimum atomic E-state index is 0.189. The Morgan fingerprint density at radius 1 is 0.867 bits per heavy atom. The molecule has 0 saturated carbocycles. The molecular weight excluding hydrogens is 588 g/mol. The van der Waals surface area contributed by atoms with Gasteiger partial charge < -0.3 is 18.9 Å². The maximum Gasteiger partial charge on any atom is 0.153 e. The third-order valence-corrected chi connectivity index (χ3v) is 8.32. The molecule has 0 N–H and O–H groups in total. The molecule has 5 rings (SSSR count). The van der Waals surface area contributed by atoms with E-state index in [1.165, 1.54) is 0 Å². The highest BCUT2D eigenvalue weighted by atomic mass is 35.5. The van der Waals surface area contributed by atoms with Crippen LogP contribution in [-0.4, -0.2) is 50.6 Å². The van der Waals surface area contributed by atoms with E-state index in [0.717, 1.165) is 78.4 Å². The number of rotatable bonds is 13. The van der Waals surface area contributed by atoms with Crippen molar-refractivity contribution in [1.29, 1.82) is 5.26 Å². The molecule has 0 unspecified atom stereocenters. The van der Waals surface area contributed by atoms with Gasteiger partial charge in [-0.15, -0.1) is 0 Å². The van der Waals surface area contributed by atoms with Crippen molar-refractivity contribution >= 4 is 17.9 Å². The van der Waals surface area contributed by atoms with Crippen LogP contribution in [0.2, 0.25) is 5.02 Å². The molecule has 0 bridgehead atoms. The SMILES string of the molecule is Cc1c(COc2cc(OCc3cccc(C#N)c3)c(C=O)cc2Cl)cccc1-c1cccc(OCCCN2CCOCC2)c1C. The Bertz CT molecular complexity index is 1680. The highest BCUT2D eigenvalue weighted by molar-refractivity contribution is 6.32. The lowest BCUT2D eigenvalue weighted by atomic mass is 9.93. The van der Waals surface area contributed by atoms with Crippen LogP contribution in [0, 0.1) is 25.2 Å². The Kier molecular flexibility index (Phi) is 11.1. The van der Waals surface area contributed by atoms with E-state index in [2.05, 4.69) is 36.9 Å². The smallest absolute Gasteiger partial charge is 0.153 e. The summed E-state index contributed by atoms with van der Waals surface area (Å²) in [6.07, 6.45) is 1.67. The fourth-order valence-electron chi connectivity index (χ4n) is 5.41. The summed E-state index contributed by atoms with van der Waals surface area (Å²) in [5, 5.41) is 9.49. The number of morpholine rings is 1. The maximum atomic E-state index is 11.8. The van der Waals surface area contributed by atoms with Crippen molar-refractivity contribution in [3.05, 3.63) is 111 Å². The average Bonchev–Trinajstić information content (AvgIpc) is 3.07. The highest BCUT2D eigenvalue weighted by Crippen LogP contribution is 2.36. The van der Waals surface area contributed by atoms with Crippen LogP contribution in [0.5, 0.6) is 17.2 Å². The Hall–Kier alpha value is -4.35. The second kappa shape index (κ2) is 15.6. The van der Waals surface area contributed by atoms with Gasteiger partial charge in [-0.3, -0.25) is 9.69 Å². The second-order valence-electron chi connectivity index (χ2n) is 11.0. The Morgan fingerprint density at radius 2 is 1.60 bits per heavy atom. The molecule has 1 fully saturated rings. The van der Waals surface area contributed by atoms with Crippen molar-refractivity contribution in [2.45, 2.75) is 33.5 Å². The molecule has 0 spiro atoms. The van der Waals surface area contributed by atoms with Crippen LogP contribution >= 0.6 is 11.6 Å². The topological polar surface area (TPSA) is 81.0 Å². The van der Waals surface area contributed by atoms with E-state index in [0.29, 0.717) is 40.5 Å². The Morgan fingerprint density at radius 3 is 2.38 bits per heavy atom. The number of nitrogens with zero attached hydrogens (tertiary/aromatic N) is 2. The Balaban J connectivity index is 1.26. The normalized spacial score (nSPS) is 13.2. The van der Waals surface area contributed by atoms with Crippen molar-refractivity contribution in [2.24, 2.45) is 0 Å². The minimum absolute atomic E-state index is 0.189. The molecule has 8 heteroatoms. The van der Waals surface area contributed by atoms with Gasteiger partial charge in [-0.2, -0.15) is 5.26 Å². The Labute approximate surface area is 269 Å². The molecule has 45 heavy (non-hydrogen) atoms. The molecule has 4 aromatic carbocycles. The molecular formula is C37H37ClN2O5. The van der Waals surface area contributed by atoms with E-state index in [-0.39, 0.29) is 13.2 Å². The fourth-order valence-corrected chi connectivity index (χ4v) is 5.64. The number of carbonyl (C=O) groups is 1. The zero-order valence-electron chi connectivity index (χ0n) is 25.7. The van der Waals surface area contributed by atoms with Gasteiger partial charge in [-0.1, -0.05) is 54.1 Å². The van der Waals surface area contributed by atoms with Gasteiger partial charge in [-0.05, 0) is 77.9 Å². The number of nitriles is 1.